The van der Waals surface area contributed by atoms with E-state index in [0.29, 0.717) is 30.4 Å². The zero-order valence-electron chi connectivity index (χ0n) is 24.2. The van der Waals surface area contributed by atoms with Crippen LogP contribution in [0.15, 0.2) is 78.9 Å². The molecule has 42 heavy (non-hydrogen) atoms. The van der Waals surface area contributed by atoms with E-state index < -0.39 is 0 Å². The highest BCUT2D eigenvalue weighted by atomic mass is 32.1. The number of aromatic nitrogens is 2. The van der Waals surface area contributed by atoms with Crippen molar-refractivity contribution >= 4 is 34.0 Å². The van der Waals surface area contributed by atoms with Crippen LogP contribution in [0.25, 0.3) is 21.3 Å². The summed E-state index contributed by atoms with van der Waals surface area (Å²) < 4.78 is 11.0. The number of aryl methyl sites for hydroxylation is 1. The molecule has 1 atom stereocenters. The van der Waals surface area contributed by atoms with Gasteiger partial charge in [-0.2, -0.15) is 0 Å². The predicted octanol–water partition coefficient (Wildman–Crippen LogP) is 6.26. The van der Waals surface area contributed by atoms with E-state index in [2.05, 4.69) is 52.1 Å². The van der Waals surface area contributed by atoms with E-state index in [4.69, 9.17) is 14.5 Å². The van der Waals surface area contributed by atoms with Gasteiger partial charge in [-0.25, -0.2) is 9.97 Å². The number of ether oxygens (including phenoxy) is 2. The van der Waals surface area contributed by atoms with Crippen molar-refractivity contribution in [3.63, 3.8) is 0 Å². The Bertz CT molecular complexity index is 1670. The minimum atomic E-state index is -0.0295. The van der Waals surface area contributed by atoms with E-state index in [-0.39, 0.29) is 18.5 Å². The van der Waals surface area contributed by atoms with Gasteiger partial charge in [0, 0.05) is 34.3 Å². The van der Waals surface area contributed by atoms with Gasteiger partial charge in [-0.1, -0.05) is 54.6 Å². The van der Waals surface area contributed by atoms with Crippen molar-refractivity contribution in [2.45, 2.75) is 33.0 Å². The highest BCUT2D eigenvalue weighted by Crippen LogP contribution is 2.37. The van der Waals surface area contributed by atoms with Crippen LogP contribution in [0.2, 0.25) is 0 Å². The minimum Gasteiger partial charge on any atom is -0.493 e. The number of carbonyl (C=O) groups excluding carboxylic acids is 1. The van der Waals surface area contributed by atoms with Crippen LogP contribution >= 0.6 is 11.3 Å². The molecule has 0 bridgehead atoms. The molecular weight excluding hydrogens is 546 g/mol. The minimum absolute atomic E-state index is 0.00736. The molecule has 0 saturated heterocycles. The van der Waals surface area contributed by atoms with E-state index in [0.717, 1.165) is 33.4 Å². The number of hydrogen-bond donors (Lipinski definition) is 3. The summed E-state index contributed by atoms with van der Waals surface area (Å²) in [5, 5.41) is 10.7. The zero-order valence-corrected chi connectivity index (χ0v) is 25.0. The maximum absolute atomic E-state index is 12.4. The number of thiophene rings is 1. The third-order valence-electron chi connectivity index (χ3n) is 6.94. The molecule has 0 aliphatic heterocycles. The summed E-state index contributed by atoms with van der Waals surface area (Å²) in [7, 11) is 3.24. The number of nitrogens with one attached hydrogen (secondary N) is 3. The van der Waals surface area contributed by atoms with Gasteiger partial charge >= 0.3 is 0 Å². The molecule has 0 aliphatic carbocycles. The molecule has 3 aromatic carbocycles. The van der Waals surface area contributed by atoms with E-state index in [1.807, 2.05) is 61.5 Å². The van der Waals surface area contributed by atoms with Gasteiger partial charge in [-0.05, 0) is 48.7 Å². The van der Waals surface area contributed by atoms with E-state index in [1.165, 1.54) is 9.75 Å². The predicted molar refractivity (Wildman–Crippen MR) is 169 cm³/mol. The first kappa shape index (κ1) is 29.0. The van der Waals surface area contributed by atoms with E-state index in [1.54, 1.807) is 25.6 Å². The van der Waals surface area contributed by atoms with Gasteiger partial charge < -0.3 is 25.4 Å². The number of fused-ring (bicyclic) bond motifs is 1. The number of benzene rings is 3. The lowest BCUT2D eigenvalue weighted by Gasteiger charge is -2.17. The average molecular weight is 582 g/mol. The Morgan fingerprint density at radius 3 is 2.43 bits per heavy atom. The van der Waals surface area contributed by atoms with Crippen LogP contribution in [0.3, 0.4) is 0 Å². The normalized spacial score (nSPS) is 11.7. The summed E-state index contributed by atoms with van der Waals surface area (Å²) in [6.07, 6.45) is 0. The van der Waals surface area contributed by atoms with Crippen molar-refractivity contribution in [2.75, 3.05) is 26.1 Å². The summed E-state index contributed by atoms with van der Waals surface area (Å²) in [4.78, 5) is 24.0. The number of nitrogens with zero attached hydrogens (tertiary/aromatic N) is 2. The lowest BCUT2D eigenvalue weighted by Crippen LogP contribution is -2.33. The Morgan fingerprint density at radius 1 is 0.905 bits per heavy atom. The fraction of sp³-hybridized carbons (Fsp3) is 0.242. The first-order valence-corrected chi connectivity index (χ1v) is 14.6. The fourth-order valence-electron chi connectivity index (χ4n) is 4.77. The third-order valence-corrected chi connectivity index (χ3v) is 8.24. The summed E-state index contributed by atoms with van der Waals surface area (Å²) >= 11 is 1.74. The fourth-order valence-corrected chi connectivity index (χ4v) is 5.84. The van der Waals surface area contributed by atoms with Crippen molar-refractivity contribution in [3.05, 3.63) is 101 Å². The number of rotatable bonds is 12. The van der Waals surface area contributed by atoms with Crippen molar-refractivity contribution in [3.8, 4) is 21.9 Å². The highest BCUT2D eigenvalue weighted by Gasteiger charge is 2.17. The number of hydrogen-bond acceptors (Lipinski definition) is 8. The maximum Gasteiger partial charge on any atom is 0.234 e. The van der Waals surface area contributed by atoms with Crippen LogP contribution in [-0.2, 0) is 17.9 Å². The zero-order chi connectivity index (χ0) is 29.5. The number of carbonyl (C=O) groups is 1. The molecule has 2 aromatic heterocycles. The third kappa shape index (κ3) is 6.87. The van der Waals surface area contributed by atoms with Gasteiger partial charge in [0.05, 0.1) is 32.3 Å². The van der Waals surface area contributed by atoms with Gasteiger partial charge in [0.25, 0.3) is 0 Å². The molecule has 0 spiro atoms. The molecule has 8 nitrogen and oxygen atoms in total. The molecule has 9 heteroatoms. The summed E-state index contributed by atoms with van der Waals surface area (Å²) in [6, 6.07) is 26.3. The van der Waals surface area contributed by atoms with Crippen molar-refractivity contribution in [2.24, 2.45) is 0 Å². The van der Waals surface area contributed by atoms with Crippen LogP contribution in [0.4, 0.5) is 5.82 Å². The van der Waals surface area contributed by atoms with Gasteiger partial charge in [0.15, 0.2) is 11.5 Å². The molecule has 0 fully saturated rings. The Kier molecular flexibility index (Phi) is 9.31. The van der Waals surface area contributed by atoms with Crippen LogP contribution in [-0.4, -0.2) is 36.6 Å². The Balaban J connectivity index is 1.26. The second kappa shape index (κ2) is 13.5. The lowest BCUT2D eigenvalue weighted by atomic mass is 10.1. The smallest absolute Gasteiger partial charge is 0.234 e. The van der Waals surface area contributed by atoms with E-state index >= 15 is 0 Å². The molecule has 2 heterocycles. The van der Waals surface area contributed by atoms with Crippen molar-refractivity contribution in [1.29, 1.82) is 0 Å². The molecule has 1 amide bonds. The number of amides is 1. The standard InChI is InChI=1S/C33H35N5O3S/c1-21(36-33-26-16-28(40-3)29(41-4)17-27(26)37-22(2)38-33)30-14-15-31(42-30)25-13-9-8-12-24(25)19-34-20-32(39)35-18-23-10-6-5-7-11-23/h5-17,21,34H,18-20H2,1-4H3,(H,35,39)(H,36,37,38). The van der Waals surface area contributed by atoms with Crippen LogP contribution in [0.5, 0.6) is 11.5 Å². The maximum atomic E-state index is 12.4. The molecule has 5 aromatic rings. The lowest BCUT2D eigenvalue weighted by molar-refractivity contribution is -0.120. The summed E-state index contributed by atoms with van der Waals surface area (Å²) in [6.45, 7) is 5.37. The first-order chi connectivity index (χ1) is 20.4. The highest BCUT2D eigenvalue weighted by molar-refractivity contribution is 7.15. The molecule has 0 aliphatic rings. The SMILES string of the molecule is COc1cc2nc(C)nc(NC(C)c3ccc(-c4ccccc4CNCC(=O)NCc4ccccc4)s3)c2cc1OC. The van der Waals surface area contributed by atoms with Crippen molar-refractivity contribution in [1.82, 2.24) is 20.6 Å². The molecule has 0 saturated carbocycles. The van der Waals surface area contributed by atoms with Crippen molar-refractivity contribution < 1.29 is 14.3 Å². The number of anilines is 1. The molecule has 1 unspecified atom stereocenters. The average Bonchev–Trinajstić information content (AvgIpc) is 3.50. The van der Waals surface area contributed by atoms with Gasteiger partial charge in [-0.3, -0.25) is 4.79 Å². The Hall–Kier alpha value is -4.47. The van der Waals surface area contributed by atoms with Crippen LogP contribution in [0, 0.1) is 6.92 Å². The topological polar surface area (TPSA) is 97.4 Å². The van der Waals surface area contributed by atoms with Crippen LogP contribution in [0.1, 0.15) is 34.8 Å². The molecule has 0 radical (unpaired) electrons. The quantitative estimate of drug-likeness (QED) is 0.160. The van der Waals surface area contributed by atoms with Gasteiger partial charge in [0.2, 0.25) is 5.91 Å². The first-order valence-electron chi connectivity index (χ1n) is 13.8. The van der Waals surface area contributed by atoms with Gasteiger partial charge in [0.1, 0.15) is 11.6 Å². The molecule has 216 valence electrons. The monoisotopic (exact) mass is 581 g/mol. The second-order valence-corrected chi connectivity index (χ2v) is 11.1. The summed E-state index contributed by atoms with van der Waals surface area (Å²) in [5.74, 6) is 2.65. The van der Waals surface area contributed by atoms with Gasteiger partial charge in [-0.15, -0.1) is 11.3 Å². The Morgan fingerprint density at radius 2 is 1.64 bits per heavy atom. The molecular formula is C33H35N5O3S. The largest absolute Gasteiger partial charge is 0.493 e. The molecule has 3 N–H and O–H groups in total. The van der Waals surface area contributed by atoms with E-state index in [9.17, 15) is 4.79 Å². The summed E-state index contributed by atoms with van der Waals surface area (Å²) in [5.41, 5.74) is 4.16. The second-order valence-electron chi connectivity index (χ2n) is 9.93. The number of methoxy groups -OCH3 is 2. The Labute approximate surface area is 250 Å². The van der Waals surface area contributed by atoms with Crippen LogP contribution < -0.4 is 25.4 Å². The molecule has 5 rings (SSSR count).